The number of hydrogen-bond donors (Lipinski definition) is 0. The molecule has 1 unspecified atom stereocenters. The van der Waals surface area contributed by atoms with Crippen LogP contribution in [0.3, 0.4) is 0 Å². The summed E-state index contributed by atoms with van der Waals surface area (Å²) in [5.41, 5.74) is 4.21. The van der Waals surface area contributed by atoms with Crippen molar-refractivity contribution >= 4 is 23.9 Å². The summed E-state index contributed by atoms with van der Waals surface area (Å²) in [6.45, 7) is 23.2. The molecule has 0 N–H and O–H groups in total. The molecule has 0 heterocycles. The summed E-state index contributed by atoms with van der Waals surface area (Å²) in [5.74, 6) is 9.65. The van der Waals surface area contributed by atoms with E-state index in [4.69, 9.17) is 0 Å². The molecule has 1 atom stereocenters. The van der Waals surface area contributed by atoms with Gasteiger partial charge in [0.15, 0.2) is 0 Å². The molecule has 9 aliphatic rings. The minimum absolute atomic E-state index is 0.0716. The first kappa shape index (κ1) is 30.2. The van der Waals surface area contributed by atoms with Crippen molar-refractivity contribution in [3.63, 3.8) is 0 Å². The van der Waals surface area contributed by atoms with Crippen molar-refractivity contribution in [1.82, 2.24) is 0 Å². The average Bonchev–Trinajstić information content (AvgIpc) is 3.23. The lowest BCUT2D eigenvalue weighted by molar-refractivity contribution is 0.0131. The summed E-state index contributed by atoms with van der Waals surface area (Å²) in [7, 11) is -1.32. The lowest BCUT2D eigenvalue weighted by Gasteiger charge is -2.62. The molecule has 230 valence electrons. The third-order valence-electron chi connectivity index (χ3n) is 13.5. The second-order valence-corrected chi connectivity index (χ2v) is 31.2. The first-order valence-corrected chi connectivity index (χ1v) is 24.8. The van der Waals surface area contributed by atoms with Crippen LogP contribution < -0.4 is 0 Å². The largest absolute Gasteiger partial charge is 0.0950 e. The van der Waals surface area contributed by atoms with Gasteiger partial charge in [0, 0.05) is 5.92 Å². The van der Waals surface area contributed by atoms with Gasteiger partial charge in [0.1, 0.15) is 0 Å². The molecule has 9 rings (SSSR count). The van der Waals surface area contributed by atoms with Crippen LogP contribution in [0.4, 0.5) is 0 Å². The first-order valence-electron chi connectivity index (χ1n) is 18.1. The van der Waals surface area contributed by atoms with E-state index in [1.807, 2.05) is 5.57 Å². The zero-order chi connectivity index (χ0) is 29.1. The fraction of sp³-hybridized carbons (Fsp3) is 0.895. The monoisotopic (exact) mass is 610 g/mol. The van der Waals surface area contributed by atoms with Crippen molar-refractivity contribution < 1.29 is 0 Å². The van der Waals surface area contributed by atoms with Crippen LogP contribution in [0.25, 0.3) is 0 Å². The van der Waals surface area contributed by atoms with Gasteiger partial charge in [-0.1, -0.05) is 99.9 Å². The topological polar surface area (TPSA) is 0 Å². The van der Waals surface area contributed by atoms with E-state index in [9.17, 15) is 0 Å². The van der Waals surface area contributed by atoms with Crippen molar-refractivity contribution in [2.45, 2.75) is 147 Å². The summed E-state index contributed by atoms with van der Waals surface area (Å²) in [4.78, 5) is 0. The number of hydrogen-bond acceptors (Lipinski definition) is 0. The summed E-state index contributed by atoms with van der Waals surface area (Å²) in [6, 6.07) is 0. The predicted molar refractivity (Wildman–Crippen MR) is 188 cm³/mol. The van der Waals surface area contributed by atoms with E-state index in [0.29, 0.717) is 10.3 Å². The normalized spacial score (nSPS) is 44.1. The molecule has 0 saturated heterocycles. The molecule has 8 fully saturated rings. The van der Waals surface area contributed by atoms with Gasteiger partial charge >= 0.3 is 0 Å². The van der Waals surface area contributed by atoms with Crippen molar-refractivity contribution in [2.75, 3.05) is 12.3 Å². The highest BCUT2D eigenvalue weighted by molar-refractivity contribution is 7.61. The smallest absolute Gasteiger partial charge is 0.0772 e. The molecule has 9 aliphatic carbocycles. The highest BCUT2D eigenvalue weighted by Crippen LogP contribution is 2.72. The maximum atomic E-state index is 2.87. The van der Waals surface area contributed by atoms with Gasteiger partial charge in [-0.15, -0.1) is 0 Å². The van der Waals surface area contributed by atoms with Crippen LogP contribution >= 0.6 is 15.8 Å². The van der Waals surface area contributed by atoms with Crippen LogP contribution in [0.2, 0.25) is 19.6 Å². The average molecular weight is 611 g/mol. The van der Waals surface area contributed by atoms with Crippen LogP contribution in [0.5, 0.6) is 0 Å². The maximum Gasteiger partial charge on any atom is 0.0772 e. The molecule has 8 saturated carbocycles. The summed E-state index contributed by atoms with van der Waals surface area (Å²) < 4.78 is 0. The lowest BCUT2D eigenvalue weighted by Crippen LogP contribution is -2.53. The Morgan fingerprint density at radius 2 is 1.02 bits per heavy atom. The molecule has 0 aromatic carbocycles. The maximum absolute atomic E-state index is 2.87. The van der Waals surface area contributed by atoms with Crippen molar-refractivity contribution in [3.05, 3.63) is 22.9 Å². The molecule has 0 nitrogen and oxygen atoms in total. The highest BCUT2D eigenvalue weighted by atomic mass is 31.1. The Morgan fingerprint density at radius 1 is 0.634 bits per heavy atom. The van der Waals surface area contributed by atoms with Crippen LogP contribution in [-0.2, 0) is 0 Å². The van der Waals surface area contributed by atoms with Gasteiger partial charge < -0.3 is 0 Å². The Balaban J connectivity index is 1.23. The zero-order valence-corrected chi connectivity index (χ0v) is 31.2. The number of allylic oxidation sites excluding steroid dienone is 4. The Bertz CT molecular complexity index is 951. The molecule has 3 heteroatoms. The van der Waals surface area contributed by atoms with Crippen molar-refractivity contribution in [2.24, 2.45) is 53.3 Å². The molecule has 41 heavy (non-hydrogen) atoms. The van der Waals surface area contributed by atoms with Gasteiger partial charge in [0.2, 0.25) is 0 Å². The lowest BCUT2D eigenvalue weighted by atomic mass is 9.55. The minimum atomic E-state index is -1.33. The van der Waals surface area contributed by atoms with E-state index < -0.39 is 8.07 Å². The Kier molecular flexibility index (Phi) is 7.78. The van der Waals surface area contributed by atoms with Crippen LogP contribution in [0.1, 0.15) is 106 Å². The second-order valence-electron chi connectivity index (χ2n) is 19.7. The number of rotatable bonds is 7. The molecule has 0 aliphatic heterocycles. The second kappa shape index (κ2) is 10.6. The van der Waals surface area contributed by atoms with E-state index in [0.717, 1.165) is 64.6 Å². The van der Waals surface area contributed by atoms with Crippen LogP contribution in [0, 0.1) is 53.3 Å². The standard InChI is InChI=1S/C38H64P2Si/c1-37(2,3)40(38(4,5)6)23-33-21-34(41(7,8)9)20-32(33)22-39(35-28-12-24-10-25(14-28)15-29(35)13-24)36-30-16-26-11-27(18-30)19-31(36)17-26/h20-21,24-31,33,35-36H,10-19,22-23H2,1-9H3. The van der Waals surface area contributed by atoms with Gasteiger partial charge in [-0.2, -0.15) is 0 Å². The van der Waals surface area contributed by atoms with Gasteiger partial charge in [-0.3, -0.25) is 0 Å². The third-order valence-corrected chi connectivity index (χ3v) is 23.5. The quantitative estimate of drug-likeness (QED) is 0.199. The molecular formula is C38H64P2Si. The van der Waals surface area contributed by atoms with Gasteiger partial charge in [-0.05, 0) is 146 Å². The molecular weight excluding hydrogens is 546 g/mol. The summed E-state index contributed by atoms with van der Waals surface area (Å²) >= 11 is 0. The molecule has 0 radical (unpaired) electrons. The molecule has 0 amide bonds. The third kappa shape index (κ3) is 5.73. The van der Waals surface area contributed by atoms with Crippen molar-refractivity contribution in [3.8, 4) is 0 Å². The SMILES string of the molecule is CC(C)(C)P(CC1C=C([Si](C)(C)C)C=C1CP(C1C2CC3CC(C2)CC1C3)C1C2CC3CC(C2)CC1C3)C(C)(C)C. The molecule has 0 aromatic rings. The van der Waals surface area contributed by atoms with Gasteiger partial charge in [0.25, 0.3) is 0 Å². The van der Waals surface area contributed by atoms with Gasteiger partial charge in [-0.25, -0.2) is 0 Å². The van der Waals surface area contributed by atoms with Crippen LogP contribution in [-0.4, -0.2) is 42.0 Å². The van der Waals surface area contributed by atoms with Crippen LogP contribution in [0.15, 0.2) is 22.9 Å². The Labute approximate surface area is 258 Å². The summed E-state index contributed by atoms with van der Waals surface area (Å²) in [5, 5.41) is 2.64. The van der Waals surface area contributed by atoms with E-state index in [2.05, 4.69) is 73.3 Å². The van der Waals surface area contributed by atoms with E-state index >= 15 is 0 Å². The van der Waals surface area contributed by atoms with E-state index in [1.54, 1.807) is 75.6 Å². The van der Waals surface area contributed by atoms with E-state index in [1.165, 1.54) is 6.16 Å². The predicted octanol–water partition coefficient (Wildman–Crippen LogP) is 11.6. The fourth-order valence-electron chi connectivity index (χ4n) is 12.7. The van der Waals surface area contributed by atoms with Gasteiger partial charge in [0.05, 0.1) is 8.07 Å². The fourth-order valence-corrected chi connectivity index (χ4v) is 22.6. The summed E-state index contributed by atoms with van der Waals surface area (Å²) in [6.07, 6.45) is 25.0. The molecule has 0 aromatic heterocycles. The Morgan fingerprint density at radius 3 is 1.37 bits per heavy atom. The molecule has 0 spiro atoms. The van der Waals surface area contributed by atoms with E-state index in [-0.39, 0.29) is 15.8 Å². The minimum Gasteiger partial charge on any atom is -0.0950 e. The zero-order valence-electron chi connectivity index (χ0n) is 28.4. The molecule has 8 bridgehead atoms. The van der Waals surface area contributed by atoms with Crippen molar-refractivity contribution in [1.29, 1.82) is 0 Å². The Hall–Kier alpha value is 0.557. The first-order chi connectivity index (χ1) is 19.1. The highest BCUT2D eigenvalue weighted by Gasteiger charge is 2.57.